The van der Waals surface area contributed by atoms with E-state index in [9.17, 15) is 4.39 Å². The monoisotopic (exact) mass is 194 g/mol. The lowest BCUT2D eigenvalue weighted by Crippen LogP contribution is -1.87. The summed E-state index contributed by atoms with van der Waals surface area (Å²) in [5.41, 5.74) is 0. The Morgan fingerprint density at radius 2 is 2.00 bits per heavy atom. The van der Waals surface area contributed by atoms with E-state index in [0.29, 0.717) is 0 Å². The van der Waals surface area contributed by atoms with Gasteiger partial charge in [-0.2, -0.15) is 0 Å². The van der Waals surface area contributed by atoms with Gasteiger partial charge in [0.25, 0.3) is 0 Å². The smallest absolute Gasteiger partial charge is 0.164 e. The lowest BCUT2D eigenvalue weighted by atomic mass is 10.3. The van der Waals surface area contributed by atoms with Crippen molar-refractivity contribution in [1.29, 1.82) is 0 Å². The molecule has 0 saturated carbocycles. The third-order valence-corrected chi connectivity index (χ3v) is 1.86. The second-order valence-corrected chi connectivity index (χ2v) is 2.66. The van der Waals surface area contributed by atoms with E-state index in [1.165, 1.54) is 19.2 Å². The maximum atomic E-state index is 12.8. The Morgan fingerprint density at radius 1 is 1.36 bits per heavy atom. The molecule has 11 heavy (non-hydrogen) atoms. The molecule has 0 unspecified atom stereocenters. The van der Waals surface area contributed by atoms with Crippen LogP contribution in [-0.4, -0.2) is 7.11 Å². The highest BCUT2D eigenvalue weighted by Gasteiger charge is 2.09. The van der Waals surface area contributed by atoms with Crippen molar-refractivity contribution in [2.45, 2.75) is 0 Å². The zero-order valence-electron chi connectivity index (χ0n) is 5.70. The molecule has 0 aliphatic heterocycles. The fourth-order valence-electron chi connectivity index (χ4n) is 0.666. The van der Waals surface area contributed by atoms with Crippen LogP contribution in [0.3, 0.4) is 0 Å². The first-order valence-electron chi connectivity index (χ1n) is 2.84. The number of benzene rings is 1. The molecule has 1 rings (SSSR count). The van der Waals surface area contributed by atoms with Crippen LogP contribution in [0.2, 0.25) is 10.0 Å². The number of methoxy groups -OCH3 is 1. The van der Waals surface area contributed by atoms with Crippen LogP contribution >= 0.6 is 23.2 Å². The molecule has 0 N–H and O–H groups in total. The van der Waals surface area contributed by atoms with Gasteiger partial charge in [0.05, 0.1) is 12.1 Å². The zero-order chi connectivity index (χ0) is 8.43. The maximum absolute atomic E-state index is 12.8. The van der Waals surface area contributed by atoms with Crippen LogP contribution in [0.25, 0.3) is 0 Å². The Balaban J connectivity index is 3.25. The Bertz CT molecular complexity index is 275. The standard InChI is InChI=1S/C7H5Cl2FO/c1-11-5-3-2-4(8)7(10)6(5)9/h2-3H,1H3. The van der Waals surface area contributed by atoms with E-state index in [4.69, 9.17) is 27.9 Å². The predicted molar refractivity (Wildman–Crippen MR) is 43.0 cm³/mol. The highest BCUT2D eigenvalue weighted by molar-refractivity contribution is 6.35. The second-order valence-electron chi connectivity index (χ2n) is 1.88. The molecule has 1 nitrogen and oxygen atoms in total. The van der Waals surface area contributed by atoms with Crippen molar-refractivity contribution in [3.05, 3.63) is 28.0 Å². The van der Waals surface area contributed by atoms with Gasteiger partial charge in [-0.15, -0.1) is 0 Å². The van der Waals surface area contributed by atoms with E-state index in [1.54, 1.807) is 0 Å². The quantitative estimate of drug-likeness (QED) is 0.625. The number of hydrogen-bond acceptors (Lipinski definition) is 1. The molecule has 0 atom stereocenters. The molecule has 0 spiro atoms. The molecule has 0 aromatic heterocycles. The average Bonchev–Trinajstić information content (AvgIpc) is 2.01. The zero-order valence-corrected chi connectivity index (χ0v) is 7.21. The molecule has 60 valence electrons. The van der Waals surface area contributed by atoms with E-state index in [-0.39, 0.29) is 15.8 Å². The van der Waals surface area contributed by atoms with Crippen molar-refractivity contribution in [2.75, 3.05) is 7.11 Å². The summed E-state index contributed by atoms with van der Waals surface area (Å²) in [5, 5.41) is -0.0872. The van der Waals surface area contributed by atoms with Gasteiger partial charge in [0, 0.05) is 0 Å². The van der Waals surface area contributed by atoms with Crippen molar-refractivity contribution in [1.82, 2.24) is 0 Å². The molecule has 0 bridgehead atoms. The third kappa shape index (κ3) is 1.57. The lowest BCUT2D eigenvalue weighted by molar-refractivity contribution is 0.411. The molecule has 0 amide bonds. The Kier molecular flexibility index (Phi) is 2.58. The summed E-state index contributed by atoms with van der Waals surface area (Å²) in [6.45, 7) is 0. The van der Waals surface area contributed by atoms with Crippen LogP contribution in [0.15, 0.2) is 12.1 Å². The molecular weight excluding hydrogens is 190 g/mol. The first-order valence-corrected chi connectivity index (χ1v) is 3.60. The molecule has 1 aromatic carbocycles. The van der Waals surface area contributed by atoms with Crippen LogP contribution in [-0.2, 0) is 0 Å². The Hall–Kier alpha value is -0.470. The topological polar surface area (TPSA) is 9.23 Å². The Morgan fingerprint density at radius 3 is 2.55 bits per heavy atom. The van der Waals surface area contributed by atoms with E-state index in [1.807, 2.05) is 0 Å². The van der Waals surface area contributed by atoms with Gasteiger partial charge in [0.1, 0.15) is 10.8 Å². The number of ether oxygens (including phenoxy) is 1. The van der Waals surface area contributed by atoms with Crippen LogP contribution in [0.1, 0.15) is 0 Å². The predicted octanol–water partition coefficient (Wildman–Crippen LogP) is 3.14. The van der Waals surface area contributed by atoms with Gasteiger partial charge in [-0.25, -0.2) is 4.39 Å². The minimum Gasteiger partial charge on any atom is -0.495 e. The first kappa shape index (κ1) is 8.62. The highest BCUT2D eigenvalue weighted by atomic mass is 35.5. The van der Waals surface area contributed by atoms with Crippen LogP contribution in [0.5, 0.6) is 5.75 Å². The molecule has 0 heterocycles. The van der Waals surface area contributed by atoms with Crippen LogP contribution in [0.4, 0.5) is 4.39 Å². The van der Waals surface area contributed by atoms with Gasteiger partial charge in [0.15, 0.2) is 5.82 Å². The molecule has 0 aliphatic rings. The van der Waals surface area contributed by atoms with Gasteiger partial charge in [-0.05, 0) is 12.1 Å². The SMILES string of the molecule is COc1ccc(Cl)c(F)c1Cl. The van der Waals surface area contributed by atoms with Gasteiger partial charge < -0.3 is 4.74 Å². The summed E-state index contributed by atoms with van der Waals surface area (Å²) in [6.07, 6.45) is 0. The van der Waals surface area contributed by atoms with Crippen molar-refractivity contribution >= 4 is 23.2 Å². The normalized spacial score (nSPS) is 9.82. The van der Waals surface area contributed by atoms with Crippen LogP contribution < -0.4 is 4.74 Å². The third-order valence-electron chi connectivity index (χ3n) is 1.22. The van der Waals surface area contributed by atoms with Crippen molar-refractivity contribution < 1.29 is 9.13 Å². The number of hydrogen-bond donors (Lipinski definition) is 0. The fraction of sp³-hybridized carbons (Fsp3) is 0.143. The van der Waals surface area contributed by atoms with Gasteiger partial charge >= 0.3 is 0 Å². The summed E-state index contributed by atoms with van der Waals surface area (Å²) in [4.78, 5) is 0. The molecule has 0 saturated heterocycles. The van der Waals surface area contributed by atoms with Gasteiger partial charge in [0.2, 0.25) is 0 Å². The molecular formula is C7H5Cl2FO. The number of halogens is 3. The highest BCUT2D eigenvalue weighted by Crippen LogP contribution is 2.31. The van der Waals surface area contributed by atoms with Crippen LogP contribution in [0, 0.1) is 5.82 Å². The second kappa shape index (κ2) is 3.28. The first-order chi connectivity index (χ1) is 5.16. The summed E-state index contributed by atoms with van der Waals surface area (Å²) >= 11 is 10.9. The van der Waals surface area contributed by atoms with Gasteiger partial charge in [-0.1, -0.05) is 23.2 Å². The van der Waals surface area contributed by atoms with E-state index in [2.05, 4.69) is 0 Å². The van der Waals surface area contributed by atoms with E-state index < -0.39 is 5.82 Å². The summed E-state index contributed by atoms with van der Waals surface area (Å²) in [7, 11) is 1.41. The molecule has 4 heteroatoms. The number of rotatable bonds is 1. The summed E-state index contributed by atoms with van der Waals surface area (Å²) < 4.78 is 17.6. The minimum absolute atomic E-state index is 0.00389. The van der Waals surface area contributed by atoms with Crippen molar-refractivity contribution in [3.8, 4) is 5.75 Å². The molecule has 0 fully saturated rings. The average molecular weight is 195 g/mol. The fourth-order valence-corrected chi connectivity index (χ4v) is 1.11. The lowest BCUT2D eigenvalue weighted by Gasteiger charge is -2.03. The largest absolute Gasteiger partial charge is 0.495 e. The molecule has 0 radical (unpaired) electrons. The van der Waals surface area contributed by atoms with Crippen molar-refractivity contribution in [2.24, 2.45) is 0 Å². The summed E-state index contributed by atoms with van der Waals surface area (Å²) in [5.74, 6) is -0.360. The molecule has 0 aliphatic carbocycles. The van der Waals surface area contributed by atoms with E-state index in [0.717, 1.165) is 0 Å². The van der Waals surface area contributed by atoms with Gasteiger partial charge in [-0.3, -0.25) is 0 Å². The van der Waals surface area contributed by atoms with Crippen molar-refractivity contribution in [3.63, 3.8) is 0 Å². The summed E-state index contributed by atoms with van der Waals surface area (Å²) in [6, 6.07) is 2.90. The molecule has 1 aromatic rings. The minimum atomic E-state index is -0.646. The Labute approximate surface area is 73.7 Å². The maximum Gasteiger partial charge on any atom is 0.164 e. The van der Waals surface area contributed by atoms with E-state index >= 15 is 0 Å².